The Kier molecular flexibility index (Phi) is 4.59. The van der Waals surface area contributed by atoms with Crippen molar-refractivity contribution in [1.29, 1.82) is 0 Å². The molecule has 0 aliphatic carbocycles. The lowest BCUT2D eigenvalue weighted by atomic mass is 10.2. The molecule has 0 saturated heterocycles. The summed E-state index contributed by atoms with van der Waals surface area (Å²) in [6, 6.07) is 7.69. The Morgan fingerprint density at radius 1 is 1.20 bits per heavy atom. The molecule has 0 heterocycles. The third-order valence-corrected chi connectivity index (χ3v) is 2.35. The predicted octanol–water partition coefficient (Wildman–Crippen LogP) is 1.98. The summed E-state index contributed by atoms with van der Waals surface area (Å²) in [5.41, 5.74) is 1.07. The van der Waals surface area contributed by atoms with Gasteiger partial charge in [-0.2, -0.15) is 0 Å². The van der Waals surface area contributed by atoms with E-state index in [0.29, 0.717) is 6.61 Å². The van der Waals surface area contributed by atoms with Crippen LogP contribution in [0, 0.1) is 0 Å². The molecule has 0 aliphatic heterocycles. The second kappa shape index (κ2) is 5.73. The number of aliphatic hydroxyl groups excluding tert-OH is 1. The van der Waals surface area contributed by atoms with Crippen molar-refractivity contribution in [3.05, 3.63) is 29.8 Å². The van der Waals surface area contributed by atoms with E-state index in [4.69, 9.17) is 9.47 Å². The van der Waals surface area contributed by atoms with Crippen LogP contribution < -0.4 is 4.74 Å². The van der Waals surface area contributed by atoms with E-state index in [9.17, 15) is 5.11 Å². The van der Waals surface area contributed by atoms with Gasteiger partial charge in [0, 0.05) is 0 Å². The number of hydrogen-bond acceptors (Lipinski definition) is 3. The molecule has 15 heavy (non-hydrogen) atoms. The van der Waals surface area contributed by atoms with Gasteiger partial charge < -0.3 is 14.6 Å². The van der Waals surface area contributed by atoms with Gasteiger partial charge in [0.25, 0.3) is 0 Å². The summed E-state index contributed by atoms with van der Waals surface area (Å²) in [5.74, 6) is 0.835. The maximum Gasteiger partial charge on any atom is 0.118 e. The lowest BCUT2D eigenvalue weighted by Crippen LogP contribution is -2.22. The van der Waals surface area contributed by atoms with Crippen LogP contribution in [0.25, 0.3) is 0 Å². The fourth-order valence-electron chi connectivity index (χ4n) is 1.09. The highest BCUT2D eigenvalue weighted by Crippen LogP contribution is 2.12. The first kappa shape index (κ1) is 12.0. The molecule has 0 radical (unpaired) electrons. The van der Waals surface area contributed by atoms with E-state index in [2.05, 4.69) is 0 Å². The topological polar surface area (TPSA) is 38.7 Å². The first-order chi connectivity index (χ1) is 7.13. The van der Waals surface area contributed by atoms with Gasteiger partial charge in [-0.15, -0.1) is 0 Å². The molecule has 3 nitrogen and oxygen atoms in total. The molecule has 1 N–H and O–H groups in total. The molecule has 0 aromatic heterocycles. The zero-order valence-corrected chi connectivity index (χ0v) is 9.43. The number of methoxy groups -OCH3 is 1. The van der Waals surface area contributed by atoms with E-state index in [0.717, 1.165) is 11.3 Å². The van der Waals surface area contributed by atoms with E-state index >= 15 is 0 Å². The molecule has 2 atom stereocenters. The minimum atomic E-state index is -0.441. The van der Waals surface area contributed by atoms with Crippen molar-refractivity contribution in [2.24, 2.45) is 0 Å². The fourth-order valence-corrected chi connectivity index (χ4v) is 1.09. The molecule has 0 fully saturated rings. The number of rotatable bonds is 5. The quantitative estimate of drug-likeness (QED) is 0.807. The maximum absolute atomic E-state index is 9.24. The second-order valence-corrected chi connectivity index (χ2v) is 3.60. The van der Waals surface area contributed by atoms with Crippen LogP contribution in [0.15, 0.2) is 24.3 Å². The fraction of sp³-hybridized carbons (Fsp3) is 0.500. The maximum atomic E-state index is 9.24. The van der Waals surface area contributed by atoms with Crippen molar-refractivity contribution in [3.63, 3.8) is 0 Å². The Morgan fingerprint density at radius 2 is 1.80 bits per heavy atom. The lowest BCUT2D eigenvalue weighted by molar-refractivity contribution is -0.0268. The average molecular weight is 210 g/mol. The van der Waals surface area contributed by atoms with Crippen molar-refractivity contribution < 1.29 is 14.6 Å². The largest absolute Gasteiger partial charge is 0.497 e. The normalized spacial score (nSPS) is 14.7. The Hall–Kier alpha value is -1.06. The van der Waals surface area contributed by atoms with Gasteiger partial charge in [0.05, 0.1) is 25.9 Å². The van der Waals surface area contributed by atoms with Gasteiger partial charge in [0.1, 0.15) is 5.75 Å². The molecule has 0 saturated carbocycles. The molecule has 84 valence electrons. The third kappa shape index (κ3) is 3.90. The van der Waals surface area contributed by atoms with E-state index in [1.807, 2.05) is 31.2 Å². The Morgan fingerprint density at radius 3 is 2.27 bits per heavy atom. The third-order valence-electron chi connectivity index (χ3n) is 2.35. The zero-order chi connectivity index (χ0) is 11.3. The summed E-state index contributed by atoms with van der Waals surface area (Å²) in [6.45, 7) is 4.09. The Labute approximate surface area is 90.6 Å². The van der Waals surface area contributed by atoms with Crippen LogP contribution in [0.1, 0.15) is 19.4 Å². The minimum Gasteiger partial charge on any atom is -0.497 e. The summed E-state index contributed by atoms with van der Waals surface area (Å²) in [7, 11) is 1.64. The summed E-state index contributed by atoms with van der Waals surface area (Å²) < 4.78 is 10.5. The SMILES string of the molecule is COc1ccc(CO[C@H](C)[C@@H](C)O)cc1. The summed E-state index contributed by atoms with van der Waals surface area (Å²) in [6.07, 6.45) is -0.588. The van der Waals surface area contributed by atoms with Crippen molar-refractivity contribution in [3.8, 4) is 5.75 Å². The average Bonchev–Trinajstić information content (AvgIpc) is 2.26. The first-order valence-corrected chi connectivity index (χ1v) is 5.06. The molecule has 1 aromatic rings. The van der Waals surface area contributed by atoms with Crippen LogP contribution in [0.3, 0.4) is 0 Å². The molecule has 0 spiro atoms. The van der Waals surface area contributed by atoms with Crippen molar-refractivity contribution in [2.75, 3.05) is 7.11 Å². The Bertz CT molecular complexity index is 279. The predicted molar refractivity (Wildman–Crippen MR) is 58.9 cm³/mol. The molecular formula is C12H18O3. The van der Waals surface area contributed by atoms with E-state index < -0.39 is 6.10 Å². The molecule has 0 bridgehead atoms. The smallest absolute Gasteiger partial charge is 0.118 e. The monoisotopic (exact) mass is 210 g/mol. The van der Waals surface area contributed by atoms with Crippen LogP contribution >= 0.6 is 0 Å². The standard InChI is InChI=1S/C12H18O3/c1-9(13)10(2)15-8-11-4-6-12(14-3)7-5-11/h4-7,9-10,13H,8H2,1-3H3/t9-,10-/m1/s1. The zero-order valence-electron chi connectivity index (χ0n) is 9.43. The Balaban J connectivity index is 2.44. The first-order valence-electron chi connectivity index (χ1n) is 5.06. The summed E-state index contributed by atoms with van der Waals surface area (Å²) in [5, 5.41) is 9.24. The van der Waals surface area contributed by atoms with Gasteiger partial charge in [0.2, 0.25) is 0 Å². The van der Waals surface area contributed by atoms with Crippen LogP contribution in [0.2, 0.25) is 0 Å². The van der Waals surface area contributed by atoms with E-state index in [1.54, 1.807) is 14.0 Å². The second-order valence-electron chi connectivity index (χ2n) is 3.60. The molecule has 3 heteroatoms. The molecule has 0 amide bonds. The van der Waals surface area contributed by atoms with E-state index in [1.165, 1.54) is 0 Å². The molecule has 1 rings (SSSR count). The van der Waals surface area contributed by atoms with Crippen molar-refractivity contribution in [1.82, 2.24) is 0 Å². The lowest BCUT2D eigenvalue weighted by Gasteiger charge is -2.15. The number of benzene rings is 1. The number of ether oxygens (including phenoxy) is 2. The van der Waals surface area contributed by atoms with Crippen LogP contribution in [0.4, 0.5) is 0 Å². The van der Waals surface area contributed by atoms with Gasteiger partial charge in [0.15, 0.2) is 0 Å². The van der Waals surface area contributed by atoms with Gasteiger partial charge >= 0.3 is 0 Å². The molecule has 1 aromatic carbocycles. The van der Waals surface area contributed by atoms with Gasteiger partial charge in [-0.3, -0.25) is 0 Å². The van der Waals surface area contributed by atoms with Crippen LogP contribution in [-0.2, 0) is 11.3 Å². The minimum absolute atomic E-state index is 0.146. The molecule has 0 aliphatic rings. The highest BCUT2D eigenvalue weighted by atomic mass is 16.5. The number of hydrogen-bond donors (Lipinski definition) is 1. The van der Waals surface area contributed by atoms with E-state index in [-0.39, 0.29) is 6.10 Å². The van der Waals surface area contributed by atoms with Gasteiger partial charge in [-0.05, 0) is 31.5 Å². The highest BCUT2D eigenvalue weighted by Gasteiger charge is 2.08. The summed E-state index contributed by atoms with van der Waals surface area (Å²) in [4.78, 5) is 0. The molecule has 0 unspecified atom stereocenters. The van der Waals surface area contributed by atoms with Crippen LogP contribution in [0.5, 0.6) is 5.75 Å². The van der Waals surface area contributed by atoms with Gasteiger partial charge in [-0.1, -0.05) is 12.1 Å². The van der Waals surface area contributed by atoms with Gasteiger partial charge in [-0.25, -0.2) is 0 Å². The van der Waals surface area contributed by atoms with Crippen molar-refractivity contribution in [2.45, 2.75) is 32.7 Å². The molecular weight excluding hydrogens is 192 g/mol. The van der Waals surface area contributed by atoms with Crippen LogP contribution in [-0.4, -0.2) is 24.4 Å². The van der Waals surface area contributed by atoms with Crippen molar-refractivity contribution >= 4 is 0 Å². The highest BCUT2D eigenvalue weighted by molar-refractivity contribution is 5.26. The number of aliphatic hydroxyl groups is 1. The summed E-state index contributed by atoms with van der Waals surface area (Å²) >= 11 is 0.